The van der Waals surface area contributed by atoms with Crippen LogP contribution in [0, 0.1) is 0 Å². The molecule has 3 rings (SSSR count). The van der Waals surface area contributed by atoms with Gasteiger partial charge in [0.25, 0.3) is 0 Å². The Hall–Kier alpha value is -1.63. The maximum absolute atomic E-state index is 4.29. The number of aromatic nitrogens is 1. The van der Waals surface area contributed by atoms with Gasteiger partial charge in [-0.25, -0.2) is 0 Å². The summed E-state index contributed by atoms with van der Waals surface area (Å²) in [6, 6.07) is 9.05. The third-order valence-electron chi connectivity index (χ3n) is 4.17. The Balaban J connectivity index is 2.28. The van der Waals surface area contributed by atoms with Crippen molar-refractivity contribution >= 4 is 0 Å². The van der Waals surface area contributed by atoms with Crippen molar-refractivity contribution in [2.75, 3.05) is 0 Å². The van der Waals surface area contributed by atoms with Gasteiger partial charge in [-0.05, 0) is 39.8 Å². The summed E-state index contributed by atoms with van der Waals surface area (Å²) in [5, 5.41) is 0. The lowest BCUT2D eigenvalue weighted by atomic mass is 9.82. The zero-order valence-electron chi connectivity index (χ0n) is 11.5. The second-order valence-corrected chi connectivity index (χ2v) is 6.01. The zero-order valence-corrected chi connectivity index (χ0v) is 11.5. The summed E-state index contributed by atoms with van der Waals surface area (Å²) in [6.45, 7) is 9.09. The molecule has 1 nitrogen and oxygen atoms in total. The molecular weight excluding hydrogens is 218 g/mol. The summed E-state index contributed by atoms with van der Waals surface area (Å²) in [4.78, 5) is 4.29. The Kier molecular flexibility index (Phi) is 2.34. The standard InChI is InChI=1S/C17H19N/c1-11(2)12-5-6-13-14-7-8-18-10-16(14)17(3,4)15(13)9-12/h5-11H,1-4H3. The van der Waals surface area contributed by atoms with Crippen LogP contribution in [0.4, 0.5) is 0 Å². The molecule has 1 aromatic carbocycles. The van der Waals surface area contributed by atoms with Crippen molar-refractivity contribution in [2.45, 2.75) is 39.0 Å². The van der Waals surface area contributed by atoms with E-state index in [2.05, 4.69) is 56.9 Å². The topological polar surface area (TPSA) is 12.9 Å². The number of hydrogen-bond donors (Lipinski definition) is 0. The number of nitrogens with zero attached hydrogens (tertiary/aromatic N) is 1. The Morgan fingerprint density at radius 2 is 1.72 bits per heavy atom. The normalized spacial score (nSPS) is 15.6. The number of benzene rings is 1. The van der Waals surface area contributed by atoms with E-state index in [9.17, 15) is 0 Å². The Morgan fingerprint density at radius 1 is 1.00 bits per heavy atom. The minimum atomic E-state index is 0.0732. The third kappa shape index (κ3) is 1.43. The van der Waals surface area contributed by atoms with Gasteiger partial charge in [0.1, 0.15) is 0 Å². The van der Waals surface area contributed by atoms with Crippen LogP contribution in [0.1, 0.15) is 50.3 Å². The second-order valence-electron chi connectivity index (χ2n) is 6.01. The van der Waals surface area contributed by atoms with Crippen molar-refractivity contribution in [3.05, 3.63) is 53.3 Å². The van der Waals surface area contributed by atoms with Crippen LogP contribution in [0.15, 0.2) is 36.7 Å². The van der Waals surface area contributed by atoms with Crippen molar-refractivity contribution in [3.8, 4) is 11.1 Å². The second kappa shape index (κ2) is 3.68. The summed E-state index contributed by atoms with van der Waals surface area (Å²) < 4.78 is 0. The summed E-state index contributed by atoms with van der Waals surface area (Å²) in [5.74, 6) is 0.577. The van der Waals surface area contributed by atoms with Crippen LogP contribution in [-0.4, -0.2) is 4.98 Å². The van der Waals surface area contributed by atoms with Crippen molar-refractivity contribution in [1.29, 1.82) is 0 Å². The van der Waals surface area contributed by atoms with Gasteiger partial charge >= 0.3 is 0 Å². The molecule has 0 fully saturated rings. The van der Waals surface area contributed by atoms with E-state index in [1.54, 1.807) is 0 Å². The van der Waals surface area contributed by atoms with E-state index in [1.807, 2.05) is 12.4 Å². The van der Waals surface area contributed by atoms with E-state index in [4.69, 9.17) is 0 Å². The first-order valence-electron chi connectivity index (χ1n) is 6.61. The number of rotatable bonds is 1. The maximum atomic E-state index is 4.29. The Bertz CT molecular complexity index is 609. The highest BCUT2D eigenvalue weighted by molar-refractivity contribution is 5.80. The van der Waals surface area contributed by atoms with Crippen LogP contribution in [0.3, 0.4) is 0 Å². The van der Waals surface area contributed by atoms with E-state index < -0.39 is 0 Å². The molecule has 0 N–H and O–H groups in total. The SMILES string of the molecule is CC(C)c1ccc2c(c1)C(C)(C)c1cnccc1-2. The minimum absolute atomic E-state index is 0.0732. The minimum Gasteiger partial charge on any atom is -0.264 e. The van der Waals surface area contributed by atoms with E-state index in [-0.39, 0.29) is 5.41 Å². The van der Waals surface area contributed by atoms with Gasteiger partial charge in [-0.1, -0.05) is 45.9 Å². The van der Waals surface area contributed by atoms with Crippen molar-refractivity contribution in [2.24, 2.45) is 0 Å². The molecule has 0 bridgehead atoms. The number of hydrogen-bond acceptors (Lipinski definition) is 1. The molecule has 1 aromatic heterocycles. The van der Waals surface area contributed by atoms with Gasteiger partial charge in [0.05, 0.1) is 0 Å². The molecule has 1 aliphatic rings. The average molecular weight is 237 g/mol. The number of fused-ring (bicyclic) bond motifs is 3. The highest BCUT2D eigenvalue weighted by Crippen LogP contribution is 2.48. The largest absolute Gasteiger partial charge is 0.264 e. The fourth-order valence-corrected chi connectivity index (χ4v) is 2.95. The first-order valence-corrected chi connectivity index (χ1v) is 6.61. The van der Waals surface area contributed by atoms with E-state index in [1.165, 1.54) is 27.8 Å². The maximum Gasteiger partial charge on any atom is 0.0314 e. The van der Waals surface area contributed by atoms with E-state index >= 15 is 0 Å². The first kappa shape index (κ1) is 11.5. The molecule has 1 heterocycles. The summed E-state index contributed by atoms with van der Waals surface area (Å²) in [6.07, 6.45) is 3.91. The lowest BCUT2D eigenvalue weighted by molar-refractivity contribution is 0.655. The van der Waals surface area contributed by atoms with Gasteiger partial charge < -0.3 is 0 Å². The van der Waals surface area contributed by atoms with Crippen LogP contribution < -0.4 is 0 Å². The zero-order chi connectivity index (χ0) is 12.9. The van der Waals surface area contributed by atoms with Gasteiger partial charge in [0, 0.05) is 17.8 Å². The molecule has 0 saturated heterocycles. The first-order chi connectivity index (χ1) is 8.51. The highest BCUT2D eigenvalue weighted by Gasteiger charge is 2.35. The van der Waals surface area contributed by atoms with Crippen LogP contribution in [0.5, 0.6) is 0 Å². The van der Waals surface area contributed by atoms with Crippen molar-refractivity contribution < 1.29 is 0 Å². The lowest BCUT2D eigenvalue weighted by Gasteiger charge is -2.22. The third-order valence-corrected chi connectivity index (χ3v) is 4.17. The van der Waals surface area contributed by atoms with Gasteiger partial charge in [-0.3, -0.25) is 4.98 Å². The van der Waals surface area contributed by atoms with Gasteiger partial charge in [0.15, 0.2) is 0 Å². The summed E-state index contributed by atoms with van der Waals surface area (Å²) >= 11 is 0. The van der Waals surface area contributed by atoms with Crippen LogP contribution in [0.2, 0.25) is 0 Å². The highest BCUT2D eigenvalue weighted by atomic mass is 14.6. The molecule has 0 spiro atoms. The summed E-state index contributed by atoms with van der Waals surface area (Å²) in [5.41, 5.74) is 7.01. The van der Waals surface area contributed by atoms with Crippen molar-refractivity contribution in [3.63, 3.8) is 0 Å². The van der Waals surface area contributed by atoms with Gasteiger partial charge in [0.2, 0.25) is 0 Å². The van der Waals surface area contributed by atoms with Crippen LogP contribution in [-0.2, 0) is 5.41 Å². The molecule has 0 saturated carbocycles. The quantitative estimate of drug-likeness (QED) is 0.711. The molecular formula is C17H19N. The van der Waals surface area contributed by atoms with Gasteiger partial charge in [-0.2, -0.15) is 0 Å². The smallest absolute Gasteiger partial charge is 0.0314 e. The molecule has 18 heavy (non-hydrogen) atoms. The molecule has 1 aliphatic carbocycles. The molecule has 0 amide bonds. The predicted octanol–water partition coefficient (Wildman–Crippen LogP) is 4.51. The van der Waals surface area contributed by atoms with Crippen LogP contribution in [0.25, 0.3) is 11.1 Å². The average Bonchev–Trinajstić information content (AvgIpc) is 2.59. The molecule has 92 valence electrons. The molecule has 0 atom stereocenters. The fourth-order valence-electron chi connectivity index (χ4n) is 2.95. The molecule has 0 radical (unpaired) electrons. The Labute approximate surface area is 109 Å². The molecule has 2 aromatic rings. The fraction of sp³-hybridized carbons (Fsp3) is 0.353. The molecule has 0 aliphatic heterocycles. The lowest BCUT2D eigenvalue weighted by Crippen LogP contribution is -2.15. The van der Waals surface area contributed by atoms with E-state index in [0.717, 1.165) is 0 Å². The van der Waals surface area contributed by atoms with Gasteiger partial charge in [-0.15, -0.1) is 0 Å². The monoisotopic (exact) mass is 237 g/mol. The van der Waals surface area contributed by atoms with Crippen LogP contribution >= 0.6 is 0 Å². The van der Waals surface area contributed by atoms with E-state index in [0.29, 0.717) is 5.92 Å². The predicted molar refractivity (Wildman–Crippen MR) is 75.9 cm³/mol. The number of pyridine rings is 1. The summed E-state index contributed by atoms with van der Waals surface area (Å²) in [7, 11) is 0. The van der Waals surface area contributed by atoms with Crippen molar-refractivity contribution in [1.82, 2.24) is 4.98 Å². The molecule has 0 unspecified atom stereocenters. The molecule has 1 heteroatoms. The Morgan fingerprint density at radius 3 is 2.44 bits per heavy atom.